The number of likely N-dealkylation sites (tertiary alicyclic amines) is 1. The van der Waals surface area contributed by atoms with Crippen LogP contribution in [0.4, 0.5) is 0 Å². The van der Waals surface area contributed by atoms with Crippen LogP contribution >= 0.6 is 0 Å². The van der Waals surface area contributed by atoms with E-state index in [1.807, 2.05) is 0 Å². The molecular weight excluding hydrogens is 336 g/mol. The molecule has 1 saturated carbocycles. The molecule has 3 aliphatic rings. The maximum Gasteiger partial charge on any atom is 0.274 e. The molecule has 140 valence electrons. The molecule has 1 aromatic rings. The van der Waals surface area contributed by atoms with Gasteiger partial charge in [-0.3, -0.25) is 14.6 Å². The van der Waals surface area contributed by atoms with Gasteiger partial charge in [0.05, 0.1) is 37.0 Å². The maximum atomic E-state index is 12.8. The zero-order valence-corrected chi connectivity index (χ0v) is 14.7. The van der Waals surface area contributed by atoms with E-state index in [2.05, 4.69) is 9.97 Å². The predicted octanol–water partition coefficient (Wildman–Crippen LogP) is 0.224. The first kappa shape index (κ1) is 17.4. The maximum absolute atomic E-state index is 12.8. The largest absolute Gasteiger partial charge is 0.389 e. The number of fused-ring (bicyclic) bond motifs is 1. The molecule has 0 aromatic carbocycles. The van der Waals surface area contributed by atoms with Gasteiger partial charge >= 0.3 is 0 Å². The van der Waals surface area contributed by atoms with Gasteiger partial charge in [0.15, 0.2) is 0 Å². The number of hydrogen-bond acceptors (Lipinski definition) is 6. The van der Waals surface area contributed by atoms with Crippen molar-refractivity contribution >= 4 is 11.8 Å². The molecule has 0 spiro atoms. The molecule has 1 aromatic heterocycles. The highest BCUT2D eigenvalue weighted by Crippen LogP contribution is 2.35. The SMILES string of the molecule is O=C(CC1(O)CCC1)N1CC[C@@H]2OCCN(C(=O)c3cnccn3)[C@H]2C1. The van der Waals surface area contributed by atoms with Gasteiger partial charge in [0, 0.05) is 32.0 Å². The van der Waals surface area contributed by atoms with Crippen molar-refractivity contribution < 1.29 is 19.4 Å². The van der Waals surface area contributed by atoms with E-state index >= 15 is 0 Å². The van der Waals surface area contributed by atoms with Crippen LogP contribution in [0.5, 0.6) is 0 Å². The summed E-state index contributed by atoms with van der Waals surface area (Å²) in [5.74, 6) is -0.216. The molecule has 0 radical (unpaired) electrons. The number of ether oxygens (including phenoxy) is 1. The van der Waals surface area contributed by atoms with Gasteiger partial charge in [0.25, 0.3) is 5.91 Å². The first-order chi connectivity index (χ1) is 12.6. The minimum Gasteiger partial charge on any atom is -0.389 e. The minimum absolute atomic E-state index is 0.0388. The van der Waals surface area contributed by atoms with E-state index in [4.69, 9.17) is 4.74 Å². The van der Waals surface area contributed by atoms with Gasteiger partial charge in [-0.25, -0.2) is 4.98 Å². The number of nitrogens with zero attached hydrogens (tertiary/aromatic N) is 4. The van der Waals surface area contributed by atoms with Gasteiger partial charge in [-0.15, -0.1) is 0 Å². The Bertz CT molecular complexity index is 679. The van der Waals surface area contributed by atoms with Crippen LogP contribution in [0.25, 0.3) is 0 Å². The Morgan fingerprint density at radius 1 is 1.31 bits per heavy atom. The third kappa shape index (κ3) is 3.31. The van der Waals surface area contributed by atoms with Crippen molar-refractivity contribution in [3.63, 3.8) is 0 Å². The number of aliphatic hydroxyl groups is 1. The van der Waals surface area contributed by atoms with Crippen molar-refractivity contribution in [2.45, 2.75) is 49.9 Å². The van der Waals surface area contributed by atoms with Crippen LogP contribution in [0.15, 0.2) is 18.6 Å². The highest BCUT2D eigenvalue weighted by molar-refractivity contribution is 5.92. The topological polar surface area (TPSA) is 95.9 Å². The summed E-state index contributed by atoms with van der Waals surface area (Å²) in [6.07, 6.45) is 7.65. The van der Waals surface area contributed by atoms with E-state index in [1.165, 1.54) is 18.6 Å². The zero-order valence-electron chi connectivity index (χ0n) is 14.7. The second kappa shape index (κ2) is 6.92. The number of aromatic nitrogens is 2. The lowest BCUT2D eigenvalue weighted by molar-refractivity contribution is -0.148. The number of rotatable bonds is 3. The molecule has 4 rings (SSSR count). The fourth-order valence-electron chi connectivity index (χ4n) is 4.06. The van der Waals surface area contributed by atoms with Crippen molar-refractivity contribution in [1.29, 1.82) is 0 Å². The lowest BCUT2D eigenvalue weighted by Crippen LogP contribution is -2.62. The van der Waals surface area contributed by atoms with Crippen molar-refractivity contribution in [2.75, 3.05) is 26.2 Å². The van der Waals surface area contributed by atoms with Crippen LogP contribution in [-0.2, 0) is 9.53 Å². The molecule has 1 N–H and O–H groups in total. The minimum atomic E-state index is -0.827. The Labute approximate surface area is 152 Å². The molecule has 0 unspecified atom stereocenters. The number of amides is 2. The van der Waals surface area contributed by atoms with Crippen molar-refractivity contribution in [1.82, 2.24) is 19.8 Å². The molecule has 2 amide bonds. The Balaban J connectivity index is 1.46. The molecule has 3 heterocycles. The summed E-state index contributed by atoms with van der Waals surface area (Å²) < 4.78 is 5.84. The number of carbonyl (C=O) groups is 2. The first-order valence-electron chi connectivity index (χ1n) is 9.24. The highest BCUT2D eigenvalue weighted by Gasteiger charge is 2.43. The van der Waals surface area contributed by atoms with E-state index < -0.39 is 5.60 Å². The summed E-state index contributed by atoms with van der Waals surface area (Å²) >= 11 is 0. The third-order valence-corrected chi connectivity index (χ3v) is 5.74. The molecule has 0 bridgehead atoms. The summed E-state index contributed by atoms with van der Waals surface area (Å²) in [5, 5.41) is 10.3. The van der Waals surface area contributed by atoms with Gasteiger partial charge in [0.1, 0.15) is 5.69 Å². The second-order valence-corrected chi connectivity index (χ2v) is 7.45. The molecule has 8 nitrogen and oxygen atoms in total. The summed E-state index contributed by atoms with van der Waals surface area (Å²) in [6, 6.07) is -0.188. The van der Waals surface area contributed by atoms with E-state index in [0.717, 1.165) is 6.42 Å². The van der Waals surface area contributed by atoms with Crippen molar-refractivity contribution in [2.24, 2.45) is 0 Å². The Hall–Kier alpha value is -2.06. The molecule has 8 heteroatoms. The summed E-state index contributed by atoms with van der Waals surface area (Å²) in [4.78, 5) is 37.1. The quantitative estimate of drug-likeness (QED) is 0.829. The van der Waals surface area contributed by atoms with E-state index in [0.29, 0.717) is 51.2 Å². The molecular formula is C18H24N4O4. The average Bonchev–Trinajstić information content (AvgIpc) is 2.66. The van der Waals surface area contributed by atoms with Gasteiger partial charge in [-0.2, -0.15) is 0 Å². The Morgan fingerprint density at radius 2 is 2.15 bits per heavy atom. The highest BCUT2D eigenvalue weighted by atomic mass is 16.5. The molecule has 1 aliphatic carbocycles. The number of carbonyl (C=O) groups excluding carboxylic acids is 2. The van der Waals surface area contributed by atoms with Gasteiger partial charge in [0.2, 0.25) is 5.91 Å². The Kier molecular flexibility index (Phi) is 4.62. The molecule has 3 fully saturated rings. The van der Waals surface area contributed by atoms with Gasteiger partial charge < -0.3 is 19.6 Å². The van der Waals surface area contributed by atoms with Crippen LogP contribution in [0, 0.1) is 0 Å². The second-order valence-electron chi connectivity index (χ2n) is 7.45. The lowest BCUT2D eigenvalue weighted by Gasteiger charge is -2.47. The standard InChI is InChI=1S/C18H24N4O4/c23-16(10-18(25)3-1-4-18)21-7-2-15-14(12-21)22(8-9-26-15)17(24)13-11-19-5-6-20-13/h5-6,11,14-15,25H,1-4,7-10,12H2/t14-,15-/m0/s1. The Morgan fingerprint density at radius 3 is 2.85 bits per heavy atom. The molecule has 2 aliphatic heterocycles. The van der Waals surface area contributed by atoms with E-state index in [1.54, 1.807) is 9.80 Å². The van der Waals surface area contributed by atoms with Crippen molar-refractivity contribution in [3.8, 4) is 0 Å². The number of hydrogen-bond donors (Lipinski definition) is 1. The third-order valence-electron chi connectivity index (χ3n) is 5.74. The lowest BCUT2D eigenvalue weighted by atomic mass is 9.77. The average molecular weight is 360 g/mol. The number of morpholine rings is 1. The normalized spacial score (nSPS) is 27.4. The predicted molar refractivity (Wildman–Crippen MR) is 91.2 cm³/mol. The molecule has 2 atom stereocenters. The van der Waals surface area contributed by atoms with Crippen LogP contribution < -0.4 is 0 Å². The smallest absolute Gasteiger partial charge is 0.274 e. The monoisotopic (exact) mass is 360 g/mol. The van der Waals surface area contributed by atoms with Crippen LogP contribution in [0.2, 0.25) is 0 Å². The summed E-state index contributed by atoms with van der Waals surface area (Å²) in [5.41, 5.74) is -0.521. The van der Waals surface area contributed by atoms with Gasteiger partial charge in [-0.05, 0) is 25.7 Å². The number of piperidine rings is 1. The van der Waals surface area contributed by atoms with Crippen LogP contribution in [0.1, 0.15) is 42.6 Å². The summed E-state index contributed by atoms with van der Waals surface area (Å²) in [6.45, 7) is 2.00. The van der Waals surface area contributed by atoms with E-state index in [9.17, 15) is 14.7 Å². The molecule has 26 heavy (non-hydrogen) atoms. The van der Waals surface area contributed by atoms with Crippen LogP contribution in [0.3, 0.4) is 0 Å². The fraction of sp³-hybridized carbons (Fsp3) is 0.667. The van der Waals surface area contributed by atoms with Gasteiger partial charge in [-0.1, -0.05) is 0 Å². The van der Waals surface area contributed by atoms with Crippen molar-refractivity contribution in [3.05, 3.63) is 24.3 Å². The fourth-order valence-corrected chi connectivity index (χ4v) is 4.06. The summed E-state index contributed by atoms with van der Waals surface area (Å²) in [7, 11) is 0. The zero-order chi connectivity index (χ0) is 18.1. The molecule has 2 saturated heterocycles. The van der Waals surface area contributed by atoms with E-state index in [-0.39, 0.29) is 30.4 Å². The van der Waals surface area contributed by atoms with Crippen LogP contribution in [-0.4, -0.2) is 80.7 Å². The first-order valence-corrected chi connectivity index (χ1v) is 9.24.